The van der Waals surface area contributed by atoms with Crippen LogP contribution in [-0.4, -0.2) is 32.9 Å². The number of aryl methyl sites for hydroxylation is 1. The second-order valence-corrected chi connectivity index (χ2v) is 4.42. The maximum absolute atomic E-state index is 11.0. The van der Waals surface area contributed by atoms with Crippen molar-refractivity contribution in [3.8, 4) is 5.75 Å². The second-order valence-electron chi connectivity index (χ2n) is 4.42. The Morgan fingerprint density at radius 1 is 1.52 bits per heavy atom. The molecular weight excluding hydrogens is 278 g/mol. The van der Waals surface area contributed by atoms with Gasteiger partial charge in [0.1, 0.15) is 5.75 Å². The maximum atomic E-state index is 11.0. The number of benzene rings is 1. The van der Waals surface area contributed by atoms with Gasteiger partial charge in [-0.1, -0.05) is 0 Å². The molecule has 0 bridgehead atoms. The van der Waals surface area contributed by atoms with Gasteiger partial charge in [0.05, 0.1) is 36.1 Å². The van der Waals surface area contributed by atoms with Crippen molar-refractivity contribution < 1.29 is 19.6 Å². The van der Waals surface area contributed by atoms with Crippen molar-refractivity contribution in [1.29, 1.82) is 0 Å². The number of carboxylic acids is 1. The van der Waals surface area contributed by atoms with E-state index in [0.29, 0.717) is 16.9 Å². The molecule has 8 nitrogen and oxygen atoms in total. The van der Waals surface area contributed by atoms with Crippen LogP contribution < -0.4 is 4.74 Å². The molecule has 0 saturated heterocycles. The molecule has 0 saturated carbocycles. The van der Waals surface area contributed by atoms with E-state index in [1.165, 1.54) is 30.1 Å². The normalized spacial score (nSPS) is 10.4. The second kappa shape index (κ2) is 5.61. The van der Waals surface area contributed by atoms with Gasteiger partial charge >= 0.3 is 11.8 Å². The summed E-state index contributed by atoms with van der Waals surface area (Å²) >= 11 is 0. The number of carboxylic acid groups (broad SMARTS) is 1. The third-order valence-electron chi connectivity index (χ3n) is 2.95. The summed E-state index contributed by atoms with van der Waals surface area (Å²) in [6.45, 7) is 1.77. The Balaban J connectivity index is 2.38. The Morgan fingerprint density at radius 2 is 2.24 bits per heavy atom. The van der Waals surface area contributed by atoms with E-state index >= 15 is 0 Å². The molecule has 0 fully saturated rings. The molecule has 110 valence electrons. The van der Waals surface area contributed by atoms with Crippen LogP contribution in [0.3, 0.4) is 0 Å². The fourth-order valence-electron chi connectivity index (χ4n) is 1.98. The Labute approximate surface area is 119 Å². The third-order valence-corrected chi connectivity index (χ3v) is 2.95. The first-order valence-electron chi connectivity index (χ1n) is 6.01. The quantitative estimate of drug-likeness (QED) is 0.665. The van der Waals surface area contributed by atoms with Gasteiger partial charge in [0, 0.05) is 5.56 Å². The van der Waals surface area contributed by atoms with Crippen LogP contribution in [0, 0.1) is 17.0 Å². The first-order chi connectivity index (χ1) is 9.92. The van der Waals surface area contributed by atoms with Crippen LogP contribution in [0.15, 0.2) is 24.4 Å². The summed E-state index contributed by atoms with van der Waals surface area (Å²) in [7, 11) is 1.47. The average molecular weight is 291 g/mol. The monoisotopic (exact) mass is 291 g/mol. The van der Waals surface area contributed by atoms with E-state index in [1.54, 1.807) is 13.0 Å². The molecule has 0 aliphatic carbocycles. The highest BCUT2D eigenvalue weighted by atomic mass is 16.6. The maximum Gasteiger partial charge on any atom is 0.392 e. The zero-order valence-corrected chi connectivity index (χ0v) is 11.4. The third kappa shape index (κ3) is 2.99. The number of rotatable bonds is 5. The standard InChI is InChI=1S/C13H13N3O5/c1-8-6-15(14-12(8)16(19)20)7-10-5-9(13(17)18)3-4-11(10)21-2/h3-6H,7H2,1-2H3,(H,17,18). The van der Waals surface area contributed by atoms with Crippen molar-refractivity contribution in [2.24, 2.45) is 0 Å². The van der Waals surface area contributed by atoms with Crippen LogP contribution in [-0.2, 0) is 6.54 Å². The highest BCUT2D eigenvalue weighted by molar-refractivity contribution is 5.88. The highest BCUT2D eigenvalue weighted by Gasteiger charge is 2.18. The molecule has 1 heterocycles. The van der Waals surface area contributed by atoms with Gasteiger partial charge < -0.3 is 20.0 Å². The number of hydrogen-bond acceptors (Lipinski definition) is 5. The summed E-state index contributed by atoms with van der Waals surface area (Å²) in [6.07, 6.45) is 1.53. The molecule has 2 rings (SSSR count). The SMILES string of the molecule is COc1ccc(C(=O)O)cc1Cn1cc(C)c([N+](=O)[O-])n1. The first kappa shape index (κ1) is 14.5. The first-order valence-corrected chi connectivity index (χ1v) is 6.01. The molecule has 0 atom stereocenters. The van der Waals surface area contributed by atoms with Crippen molar-refractivity contribution in [2.75, 3.05) is 7.11 Å². The lowest BCUT2D eigenvalue weighted by atomic mass is 10.1. The molecule has 8 heteroatoms. The number of carbonyl (C=O) groups is 1. The molecule has 0 amide bonds. The minimum atomic E-state index is -1.05. The molecule has 0 radical (unpaired) electrons. The van der Waals surface area contributed by atoms with Crippen molar-refractivity contribution in [3.05, 3.63) is 51.2 Å². The molecule has 0 aliphatic heterocycles. The summed E-state index contributed by atoms with van der Waals surface area (Å²) in [5, 5.41) is 23.7. The number of aromatic carboxylic acids is 1. The van der Waals surface area contributed by atoms with Crippen LogP contribution in [0.5, 0.6) is 5.75 Å². The lowest BCUT2D eigenvalue weighted by Crippen LogP contribution is -2.05. The molecule has 21 heavy (non-hydrogen) atoms. The van der Waals surface area contributed by atoms with Gasteiger partial charge in [-0.05, 0) is 30.0 Å². The molecule has 1 aromatic heterocycles. The minimum absolute atomic E-state index is 0.115. The summed E-state index contributed by atoms with van der Waals surface area (Å²) in [5.74, 6) is -0.777. The number of nitrogens with zero attached hydrogens (tertiary/aromatic N) is 3. The van der Waals surface area contributed by atoms with Crippen molar-refractivity contribution in [3.63, 3.8) is 0 Å². The lowest BCUT2D eigenvalue weighted by molar-refractivity contribution is -0.390. The van der Waals surface area contributed by atoms with E-state index in [-0.39, 0.29) is 17.9 Å². The largest absolute Gasteiger partial charge is 0.496 e. The fourth-order valence-corrected chi connectivity index (χ4v) is 1.98. The Hall–Kier alpha value is -2.90. The molecule has 0 aliphatic rings. The van der Waals surface area contributed by atoms with Crippen molar-refractivity contribution >= 4 is 11.8 Å². The minimum Gasteiger partial charge on any atom is -0.496 e. The van der Waals surface area contributed by atoms with Crippen LogP contribution >= 0.6 is 0 Å². The fraction of sp³-hybridized carbons (Fsp3) is 0.231. The van der Waals surface area contributed by atoms with E-state index in [4.69, 9.17) is 9.84 Å². The van der Waals surface area contributed by atoms with Gasteiger partial charge in [-0.15, -0.1) is 0 Å². The van der Waals surface area contributed by atoms with Gasteiger partial charge in [0.2, 0.25) is 0 Å². The predicted octanol–water partition coefficient (Wildman–Crippen LogP) is 1.85. The molecular formula is C13H13N3O5. The van der Waals surface area contributed by atoms with Crippen molar-refractivity contribution in [1.82, 2.24) is 9.78 Å². The Kier molecular flexibility index (Phi) is 3.88. The summed E-state index contributed by atoms with van der Waals surface area (Å²) < 4.78 is 6.55. The Morgan fingerprint density at radius 3 is 2.76 bits per heavy atom. The lowest BCUT2D eigenvalue weighted by Gasteiger charge is -2.08. The van der Waals surface area contributed by atoms with E-state index < -0.39 is 10.9 Å². The zero-order valence-electron chi connectivity index (χ0n) is 11.4. The van der Waals surface area contributed by atoms with Gasteiger partial charge in [-0.3, -0.25) is 0 Å². The molecule has 1 N–H and O–H groups in total. The van der Waals surface area contributed by atoms with Crippen LogP contribution in [0.25, 0.3) is 0 Å². The molecule has 0 unspecified atom stereocenters. The van der Waals surface area contributed by atoms with E-state index in [9.17, 15) is 14.9 Å². The van der Waals surface area contributed by atoms with Crippen LogP contribution in [0.2, 0.25) is 0 Å². The smallest absolute Gasteiger partial charge is 0.392 e. The van der Waals surface area contributed by atoms with Crippen molar-refractivity contribution in [2.45, 2.75) is 13.5 Å². The number of ether oxygens (including phenoxy) is 1. The zero-order chi connectivity index (χ0) is 15.6. The molecule has 2 aromatic rings. The molecule has 1 aromatic carbocycles. The molecule has 0 spiro atoms. The topological polar surface area (TPSA) is 107 Å². The van der Waals surface area contributed by atoms with E-state index in [1.807, 2.05) is 0 Å². The van der Waals surface area contributed by atoms with Gasteiger partial charge in [0.25, 0.3) is 0 Å². The summed E-state index contributed by atoms with van der Waals surface area (Å²) in [4.78, 5) is 21.2. The van der Waals surface area contributed by atoms with Gasteiger partial charge in [-0.25, -0.2) is 4.79 Å². The number of methoxy groups -OCH3 is 1. The number of aromatic nitrogens is 2. The Bertz CT molecular complexity index is 708. The average Bonchev–Trinajstić information content (AvgIpc) is 2.79. The number of hydrogen-bond donors (Lipinski definition) is 1. The van der Waals surface area contributed by atoms with Crippen LogP contribution in [0.4, 0.5) is 5.82 Å². The van der Waals surface area contributed by atoms with Gasteiger partial charge in [-0.2, -0.15) is 4.68 Å². The summed E-state index contributed by atoms with van der Waals surface area (Å²) in [5.41, 5.74) is 1.13. The highest BCUT2D eigenvalue weighted by Crippen LogP contribution is 2.22. The number of nitro groups is 1. The summed E-state index contributed by atoms with van der Waals surface area (Å²) in [6, 6.07) is 4.44. The predicted molar refractivity (Wildman–Crippen MR) is 72.7 cm³/mol. The van der Waals surface area contributed by atoms with Crippen LogP contribution in [0.1, 0.15) is 21.5 Å². The van der Waals surface area contributed by atoms with E-state index in [2.05, 4.69) is 5.10 Å². The van der Waals surface area contributed by atoms with E-state index in [0.717, 1.165) is 0 Å². The van der Waals surface area contributed by atoms with Gasteiger partial charge in [0.15, 0.2) is 0 Å².